The quantitative estimate of drug-likeness (QED) is 0.392. The number of anilines is 1. The average Bonchev–Trinajstić information content (AvgIpc) is 3.45. The summed E-state index contributed by atoms with van der Waals surface area (Å²) in [5.41, 5.74) is 1.10. The van der Waals surface area contributed by atoms with Crippen LogP contribution >= 0.6 is 0 Å². The van der Waals surface area contributed by atoms with Crippen LogP contribution in [0, 0.1) is 0 Å². The van der Waals surface area contributed by atoms with E-state index in [1.165, 1.54) is 19.2 Å². The number of carbonyl (C=O) groups is 2. The summed E-state index contributed by atoms with van der Waals surface area (Å²) in [5.74, 6) is -1.06. The second-order valence-electron chi connectivity index (χ2n) is 9.80. The van der Waals surface area contributed by atoms with E-state index in [4.69, 9.17) is 14.0 Å². The number of benzene rings is 2. The lowest BCUT2D eigenvalue weighted by atomic mass is 10.0. The predicted octanol–water partition coefficient (Wildman–Crippen LogP) is 4.51. The van der Waals surface area contributed by atoms with Gasteiger partial charge in [0.1, 0.15) is 11.7 Å². The van der Waals surface area contributed by atoms with Crippen molar-refractivity contribution >= 4 is 17.7 Å². The van der Waals surface area contributed by atoms with Crippen LogP contribution in [0.1, 0.15) is 39.2 Å². The standard InChI is InChI=1S/C26H26F3N3O7/c1-25(2,3)38-21(33)10-7-17-12-16-11-14(5-8-18(16)32(17)24(34)35)22-30-23(39-31-22)15-6-9-19(36-4)20(13-15)37-26(27,28)29/h5-6,8-9,11,13,17H,7,10,12H2,1-4H3,(H,34,35)/p-1. The Morgan fingerprint density at radius 3 is 2.46 bits per heavy atom. The summed E-state index contributed by atoms with van der Waals surface area (Å²) in [7, 11) is 1.21. The van der Waals surface area contributed by atoms with Crippen molar-refractivity contribution in [3.8, 4) is 34.3 Å². The van der Waals surface area contributed by atoms with E-state index in [0.717, 1.165) is 11.0 Å². The maximum atomic E-state index is 12.8. The maximum absolute atomic E-state index is 12.8. The number of fused-ring (bicyclic) bond motifs is 1. The molecule has 2 aromatic carbocycles. The van der Waals surface area contributed by atoms with E-state index in [9.17, 15) is 27.9 Å². The van der Waals surface area contributed by atoms with Crippen molar-refractivity contribution in [3.63, 3.8) is 0 Å². The Morgan fingerprint density at radius 1 is 1.10 bits per heavy atom. The first kappa shape index (κ1) is 27.7. The summed E-state index contributed by atoms with van der Waals surface area (Å²) in [6.07, 6.45) is -5.74. The molecule has 0 fully saturated rings. The van der Waals surface area contributed by atoms with Crippen molar-refractivity contribution in [1.29, 1.82) is 0 Å². The highest BCUT2D eigenvalue weighted by molar-refractivity contribution is 5.89. The van der Waals surface area contributed by atoms with Crippen molar-refractivity contribution in [3.05, 3.63) is 42.0 Å². The molecule has 4 rings (SSSR count). The first-order chi connectivity index (χ1) is 18.2. The van der Waals surface area contributed by atoms with Gasteiger partial charge in [-0.2, -0.15) is 4.98 Å². The molecule has 1 atom stereocenters. The van der Waals surface area contributed by atoms with Gasteiger partial charge in [-0.1, -0.05) is 5.16 Å². The lowest BCUT2D eigenvalue weighted by molar-refractivity contribution is -0.275. The van der Waals surface area contributed by atoms with Crippen molar-refractivity contribution in [1.82, 2.24) is 10.1 Å². The molecule has 3 aromatic rings. The first-order valence-corrected chi connectivity index (χ1v) is 11.9. The van der Waals surface area contributed by atoms with Gasteiger partial charge < -0.3 is 33.5 Å². The van der Waals surface area contributed by atoms with Crippen molar-refractivity contribution < 1.29 is 46.6 Å². The van der Waals surface area contributed by atoms with Crippen molar-refractivity contribution in [2.75, 3.05) is 12.0 Å². The minimum Gasteiger partial charge on any atom is -0.530 e. The second-order valence-corrected chi connectivity index (χ2v) is 9.80. The highest BCUT2D eigenvalue weighted by atomic mass is 19.4. The summed E-state index contributed by atoms with van der Waals surface area (Å²) in [5, 5.41) is 15.8. The molecule has 1 aliphatic heterocycles. The monoisotopic (exact) mass is 548 g/mol. The molecule has 10 nitrogen and oxygen atoms in total. The highest BCUT2D eigenvalue weighted by Crippen LogP contribution is 2.38. The number of alkyl halides is 3. The lowest BCUT2D eigenvalue weighted by Crippen LogP contribution is -2.46. The molecular weight excluding hydrogens is 523 g/mol. The fraction of sp³-hybridized carbons (Fsp3) is 0.385. The minimum absolute atomic E-state index is 0.0304. The van der Waals surface area contributed by atoms with Gasteiger partial charge in [0, 0.05) is 29.3 Å². The van der Waals surface area contributed by atoms with E-state index in [1.807, 2.05) is 0 Å². The summed E-state index contributed by atoms with van der Waals surface area (Å²) >= 11 is 0. The molecule has 0 bridgehead atoms. The fourth-order valence-electron chi connectivity index (χ4n) is 4.29. The van der Waals surface area contributed by atoms with Gasteiger partial charge in [0.2, 0.25) is 5.82 Å². The number of nitrogens with zero attached hydrogens (tertiary/aromatic N) is 3. The van der Waals surface area contributed by atoms with Crippen LogP contribution in [0.5, 0.6) is 11.5 Å². The van der Waals surface area contributed by atoms with Crippen LogP contribution in [0.4, 0.5) is 23.7 Å². The molecule has 1 amide bonds. The zero-order valence-electron chi connectivity index (χ0n) is 21.5. The number of ether oxygens (including phenoxy) is 3. The van der Waals surface area contributed by atoms with Crippen molar-refractivity contribution in [2.24, 2.45) is 0 Å². The molecule has 0 radical (unpaired) electrons. The Labute approximate surface area is 221 Å². The van der Waals surface area contributed by atoms with Gasteiger partial charge in [-0.15, -0.1) is 13.2 Å². The van der Waals surface area contributed by atoms with Crippen LogP contribution in [-0.4, -0.2) is 47.3 Å². The Morgan fingerprint density at radius 2 is 1.82 bits per heavy atom. The largest absolute Gasteiger partial charge is 0.573 e. The number of hydrogen-bond acceptors (Lipinski definition) is 9. The zero-order chi connectivity index (χ0) is 28.5. The molecule has 0 saturated heterocycles. The number of rotatable bonds is 7. The normalized spacial score (nSPS) is 15.2. The molecule has 1 unspecified atom stereocenters. The molecule has 1 aliphatic rings. The number of carbonyl (C=O) groups excluding carboxylic acids is 2. The van der Waals surface area contributed by atoms with Crippen LogP contribution in [0.3, 0.4) is 0 Å². The third kappa shape index (κ3) is 6.59. The molecule has 2 heterocycles. The van der Waals surface area contributed by atoms with Gasteiger partial charge in [0.25, 0.3) is 5.89 Å². The number of carboxylic acid groups (broad SMARTS) is 1. The van der Waals surface area contributed by atoms with Gasteiger partial charge in [-0.25, -0.2) is 0 Å². The minimum atomic E-state index is -4.93. The van der Waals surface area contributed by atoms with E-state index in [-0.39, 0.29) is 35.9 Å². The highest BCUT2D eigenvalue weighted by Gasteiger charge is 2.33. The third-order valence-electron chi connectivity index (χ3n) is 5.78. The predicted molar refractivity (Wildman–Crippen MR) is 129 cm³/mol. The number of hydrogen-bond donors (Lipinski definition) is 0. The number of methoxy groups -OCH3 is 1. The lowest BCUT2D eigenvalue weighted by Gasteiger charge is -2.28. The molecule has 0 N–H and O–H groups in total. The van der Waals surface area contributed by atoms with Crippen LogP contribution in [-0.2, 0) is 16.0 Å². The Balaban J connectivity index is 1.55. The average molecular weight is 548 g/mol. The Hall–Kier alpha value is -4.29. The van der Waals surface area contributed by atoms with Gasteiger partial charge in [-0.3, -0.25) is 4.79 Å². The van der Waals surface area contributed by atoms with Crippen LogP contribution < -0.4 is 19.5 Å². The van der Waals surface area contributed by atoms with Crippen molar-refractivity contribution in [2.45, 2.75) is 58.0 Å². The third-order valence-corrected chi connectivity index (χ3v) is 5.78. The number of esters is 1. The fourth-order valence-corrected chi connectivity index (χ4v) is 4.29. The molecule has 13 heteroatoms. The summed E-state index contributed by atoms with van der Waals surface area (Å²) < 4.78 is 57.9. The molecule has 0 spiro atoms. The Kier molecular flexibility index (Phi) is 7.44. The van der Waals surface area contributed by atoms with E-state index < -0.39 is 35.8 Å². The van der Waals surface area contributed by atoms with E-state index in [0.29, 0.717) is 23.2 Å². The molecule has 1 aromatic heterocycles. The van der Waals surface area contributed by atoms with E-state index in [1.54, 1.807) is 39.0 Å². The molecule has 0 saturated carbocycles. The number of aromatic nitrogens is 2. The molecule has 0 aliphatic carbocycles. The maximum Gasteiger partial charge on any atom is 0.573 e. The van der Waals surface area contributed by atoms with Gasteiger partial charge >= 0.3 is 12.3 Å². The number of amides is 1. The molecular formula is C26H25F3N3O7-. The summed E-state index contributed by atoms with van der Waals surface area (Å²) in [6.45, 7) is 5.25. The van der Waals surface area contributed by atoms with Crippen LogP contribution in [0.2, 0.25) is 0 Å². The van der Waals surface area contributed by atoms with Crippen LogP contribution in [0.15, 0.2) is 40.9 Å². The summed E-state index contributed by atoms with van der Waals surface area (Å²) in [4.78, 5) is 29.4. The molecule has 208 valence electrons. The van der Waals surface area contributed by atoms with E-state index in [2.05, 4.69) is 14.9 Å². The first-order valence-electron chi connectivity index (χ1n) is 11.9. The van der Waals surface area contributed by atoms with Gasteiger partial charge in [0.15, 0.2) is 11.5 Å². The summed E-state index contributed by atoms with van der Waals surface area (Å²) in [6, 6.07) is 8.12. The van der Waals surface area contributed by atoms with Gasteiger partial charge in [0.05, 0.1) is 7.11 Å². The number of halogens is 3. The van der Waals surface area contributed by atoms with Crippen LogP contribution in [0.25, 0.3) is 22.8 Å². The SMILES string of the molecule is COc1ccc(-c2nc(-c3ccc4c(c3)CC(CCC(=O)OC(C)(C)C)N4C(=O)[O-])no2)cc1OC(F)(F)F. The smallest absolute Gasteiger partial charge is 0.530 e. The Bertz CT molecular complexity index is 1380. The zero-order valence-corrected chi connectivity index (χ0v) is 21.5. The second kappa shape index (κ2) is 10.5. The topological polar surface area (TPSA) is 127 Å². The van der Waals surface area contributed by atoms with Gasteiger partial charge in [-0.05, 0) is 75.6 Å². The molecule has 39 heavy (non-hydrogen) atoms. The van der Waals surface area contributed by atoms with E-state index >= 15 is 0 Å².